The molecular weight excluding hydrogens is 474 g/mol. The standard InChI is InChI=1S/C25H33N9O3/c1-15-13-31(11-12-32(15)24(36)37-25(4,5)6)20-7-9-26-21-18(20)8-10-33(21)23(35)29-19-14-34-22(27-16(19)2)28-17(3)30-34/h7,9,14-15H,8,10-13H2,1-6H3,(H,29,35)/t15-/m1/s1. The van der Waals surface area contributed by atoms with Crippen molar-refractivity contribution in [3.63, 3.8) is 0 Å². The number of nitrogens with zero attached hydrogens (tertiary/aromatic N) is 8. The molecule has 1 atom stereocenters. The maximum Gasteiger partial charge on any atom is 0.410 e. The fourth-order valence-corrected chi connectivity index (χ4v) is 4.85. The summed E-state index contributed by atoms with van der Waals surface area (Å²) in [6.07, 6.45) is 3.88. The van der Waals surface area contributed by atoms with Gasteiger partial charge in [-0.1, -0.05) is 0 Å². The zero-order valence-electron chi connectivity index (χ0n) is 22.1. The van der Waals surface area contributed by atoms with Gasteiger partial charge in [-0.15, -0.1) is 0 Å². The molecule has 0 radical (unpaired) electrons. The van der Waals surface area contributed by atoms with Gasteiger partial charge in [-0.3, -0.25) is 4.90 Å². The maximum absolute atomic E-state index is 13.3. The summed E-state index contributed by atoms with van der Waals surface area (Å²) in [5.41, 5.74) is 2.78. The lowest BCUT2D eigenvalue weighted by Crippen LogP contribution is -2.55. The van der Waals surface area contributed by atoms with E-state index in [0.717, 1.165) is 11.3 Å². The van der Waals surface area contributed by atoms with E-state index >= 15 is 0 Å². The number of hydrogen-bond donors (Lipinski definition) is 1. The number of aromatic nitrogens is 5. The normalized spacial score (nSPS) is 17.8. The molecule has 1 saturated heterocycles. The van der Waals surface area contributed by atoms with Crippen LogP contribution < -0.4 is 15.1 Å². The van der Waals surface area contributed by atoms with E-state index in [-0.39, 0.29) is 18.2 Å². The summed E-state index contributed by atoms with van der Waals surface area (Å²) in [7, 11) is 0. The number of rotatable bonds is 2. The van der Waals surface area contributed by atoms with Gasteiger partial charge in [-0.05, 0) is 54.0 Å². The van der Waals surface area contributed by atoms with Crippen molar-refractivity contribution in [2.45, 2.75) is 59.6 Å². The summed E-state index contributed by atoms with van der Waals surface area (Å²) in [5.74, 6) is 1.76. The molecule has 2 aliphatic rings. The molecule has 0 bridgehead atoms. The molecule has 1 N–H and O–H groups in total. The van der Waals surface area contributed by atoms with Gasteiger partial charge in [-0.2, -0.15) is 10.1 Å². The summed E-state index contributed by atoms with van der Waals surface area (Å²) in [5, 5.41) is 7.25. The van der Waals surface area contributed by atoms with Crippen LogP contribution in [0.15, 0.2) is 18.5 Å². The number of piperazine rings is 1. The largest absolute Gasteiger partial charge is 0.444 e. The molecule has 2 aliphatic heterocycles. The van der Waals surface area contributed by atoms with Crippen LogP contribution in [0.4, 0.5) is 26.8 Å². The van der Waals surface area contributed by atoms with Gasteiger partial charge in [0.2, 0.25) is 0 Å². The highest BCUT2D eigenvalue weighted by Crippen LogP contribution is 2.35. The molecule has 5 rings (SSSR count). The van der Waals surface area contributed by atoms with Gasteiger partial charge in [0.25, 0.3) is 5.78 Å². The number of carbonyl (C=O) groups is 2. The van der Waals surface area contributed by atoms with E-state index < -0.39 is 5.60 Å². The molecule has 3 amide bonds. The number of hydrogen-bond acceptors (Lipinski definition) is 8. The molecule has 1 fully saturated rings. The average Bonchev–Trinajstić information content (AvgIpc) is 3.40. The zero-order chi connectivity index (χ0) is 26.5. The molecule has 0 aliphatic carbocycles. The van der Waals surface area contributed by atoms with Crippen LogP contribution in [0, 0.1) is 13.8 Å². The molecular formula is C25H33N9O3. The monoisotopic (exact) mass is 507 g/mol. The van der Waals surface area contributed by atoms with Crippen LogP contribution in [0.5, 0.6) is 0 Å². The highest BCUT2D eigenvalue weighted by atomic mass is 16.6. The van der Waals surface area contributed by atoms with Crippen molar-refractivity contribution in [3.8, 4) is 0 Å². The molecule has 0 saturated carbocycles. The van der Waals surface area contributed by atoms with Gasteiger partial charge in [0.05, 0.1) is 17.6 Å². The Kier molecular flexibility index (Phi) is 6.12. The van der Waals surface area contributed by atoms with E-state index in [0.29, 0.717) is 61.4 Å². The number of amides is 3. The topological polar surface area (TPSA) is 121 Å². The summed E-state index contributed by atoms with van der Waals surface area (Å²) in [6.45, 7) is 13.7. The minimum Gasteiger partial charge on any atom is -0.444 e. The first kappa shape index (κ1) is 24.7. The number of anilines is 3. The number of ether oxygens (including phenoxy) is 1. The lowest BCUT2D eigenvalue weighted by molar-refractivity contribution is 0.0159. The lowest BCUT2D eigenvalue weighted by Gasteiger charge is -2.41. The predicted octanol–water partition coefficient (Wildman–Crippen LogP) is 3.18. The van der Waals surface area contributed by atoms with E-state index in [1.807, 2.05) is 40.7 Å². The fourth-order valence-electron chi connectivity index (χ4n) is 4.85. The first-order valence-electron chi connectivity index (χ1n) is 12.5. The Bertz CT molecular complexity index is 1360. The third-order valence-corrected chi connectivity index (χ3v) is 6.56. The Morgan fingerprint density at radius 2 is 1.92 bits per heavy atom. The van der Waals surface area contributed by atoms with Crippen LogP contribution in [0.2, 0.25) is 0 Å². The number of aryl methyl sites for hydroxylation is 2. The number of urea groups is 1. The molecule has 196 valence electrons. The second kappa shape index (κ2) is 9.16. The van der Waals surface area contributed by atoms with Crippen molar-refractivity contribution in [2.24, 2.45) is 0 Å². The van der Waals surface area contributed by atoms with Crippen molar-refractivity contribution in [1.29, 1.82) is 0 Å². The molecule has 3 aromatic rings. The highest BCUT2D eigenvalue weighted by Gasteiger charge is 2.34. The Morgan fingerprint density at radius 3 is 2.65 bits per heavy atom. The van der Waals surface area contributed by atoms with E-state index in [9.17, 15) is 9.59 Å². The third kappa shape index (κ3) is 4.87. The minimum absolute atomic E-state index is 0.0148. The average molecular weight is 508 g/mol. The third-order valence-electron chi connectivity index (χ3n) is 6.56. The second-order valence-electron chi connectivity index (χ2n) is 10.6. The van der Waals surface area contributed by atoms with Crippen molar-refractivity contribution in [3.05, 3.63) is 35.5 Å². The SMILES string of the molecule is Cc1nc2nc(C)c(NC(=O)N3CCc4c(N5CCN(C(=O)OC(C)(C)C)[C@H](C)C5)ccnc43)cn2n1. The van der Waals surface area contributed by atoms with E-state index in [1.165, 1.54) is 0 Å². The Morgan fingerprint density at radius 1 is 1.14 bits per heavy atom. The van der Waals surface area contributed by atoms with Crippen LogP contribution in [0.3, 0.4) is 0 Å². The molecule has 0 unspecified atom stereocenters. The van der Waals surface area contributed by atoms with Crippen molar-refractivity contribution < 1.29 is 14.3 Å². The summed E-state index contributed by atoms with van der Waals surface area (Å²) >= 11 is 0. The van der Waals surface area contributed by atoms with Crippen LogP contribution >= 0.6 is 0 Å². The molecule has 0 spiro atoms. The molecule has 12 nitrogen and oxygen atoms in total. The predicted molar refractivity (Wildman–Crippen MR) is 139 cm³/mol. The molecule has 0 aromatic carbocycles. The minimum atomic E-state index is -0.529. The smallest absolute Gasteiger partial charge is 0.410 e. The maximum atomic E-state index is 13.3. The Balaban J connectivity index is 1.31. The lowest BCUT2D eigenvalue weighted by atomic mass is 10.1. The summed E-state index contributed by atoms with van der Waals surface area (Å²) < 4.78 is 7.14. The molecule has 3 aromatic heterocycles. The van der Waals surface area contributed by atoms with Gasteiger partial charge in [0.15, 0.2) is 0 Å². The Hall–Kier alpha value is -3.96. The van der Waals surface area contributed by atoms with E-state index in [2.05, 4.69) is 30.3 Å². The van der Waals surface area contributed by atoms with Gasteiger partial charge >= 0.3 is 12.1 Å². The van der Waals surface area contributed by atoms with Gasteiger partial charge in [0, 0.05) is 49.7 Å². The number of fused-ring (bicyclic) bond motifs is 2. The van der Waals surface area contributed by atoms with Crippen molar-refractivity contribution in [2.75, 3.05) is 41.3 Å². The first-order valence-corrected chi connectivity index (χ1v) is 12.5. The highest BCUT2D eigenvalue weighted by molar-refractivity contribution is 6.03. The van der Waals surface area contributed by atoms with Gasteiger partial charge in [-0.25, -0.2) is 24.1 Å². The van der Waals surface area contributed by atoms with E-state index in [4.69, 9.17) is 4.74 Å². The zero-order valence-corrected chi connectivity index (χ0v) is 22.1. The number of carbonyl (C=O) groups excluding carboxylic acids is 2. The van der Waals surface area contributed by atoms with Crippen molar-refractivity contribution >= 4 is 35.1 Å². The van der Waals surface area contributed by atoms with E-state index in [1.54, 1.807) is 33.6 Å². The molecule has 37 heavy (non-hydrogen) atoms. The molecule has 12 heteroatoms. The van der Waals surface area contributed by atoms with Gasteiger partial charge < -0.3 is 19.9 Å². The van der Waals surface area contributed by atoms with Crippen molar-refractivity contribution in [1.82, 2.24) is 29.5 Å². The number of nitrogens with one attached hydrogen (secondary N) is 1. The Labute approximate surface area is 215 Å². The second-order valence-corrected chi connectivity index (χ2v) is 10.6. The first-order chi connectivity index (χ1) is 17.5. The summed E-state index contributed by atoms with van der Waals surface area (Å²) in [6, 6.07) is 1.71. The molecule has 5 heterocycles. The van der Waals surface area contributed by atoms with Crippen LogP contribution in [0.25, 0.3) is 5.78 Å². The van der Waals surface area contributed by atoms with Crippen LogP contribution in [0.1, 0.15) is 44.8 Å². The fraction of sp³-hybridized carbons (Fsp3) is 0.520. The summed E-state index contributed by atoms with van der Waals surface area (Å²) in [4.78, 5) is 44.9. The number of pyridine rings is 1. The van der Waals surface area contributed by atoms with Crippen LogP contribution in [-0.4, -0.2) is 79.4 Å². The van der Waals surface area contributed by atoms with Gasteiger partial charge in [0.1, 0.15) is 17.2 Å². The quantitative estimate of drug-likeness (QED) is 0.561. The van der Waals surface area contributed by atoms with Crippen LogP contribution in [-0.2, 0) is 11.2 Å².